The third-order valence-electron chi connectivity index (χ3n) is 6.00. The van der Waals surface area contributed by atoms with E-state index in [1.165, 1.54) is 0 Å². The minimum Gasteiger partial charge on any atom is -0.497 e. The smallest absolute Gasteiger partial charge is 0.150 e. The number of hydrogen-bond acceptors (Lipinski definition) is 6. The van der Waals surface area contributed by atoms with Gasteiger partial charge in [0.25, 0.3) is 0 Å². The molecule has 0 radical (unpaired) electrons. The molecule has 3 fully saturated rings. The van der Waals surface area contributed by atoms with E-state index < -0.39 is 6.10 Å². The summed E-state index contributed by atoms with van der Waals surface area (Å²) >= 11 is 0. The van der Waals surface area contributed by atoms with Gasteiger partial charge in [-0.05, 0) is 61.1 Å². The Morgan fingerprint density at radius 1 is 1.42 bits per heavy atom. The van der Waals surface area contributed by atoms with Crippen LogP contribution in [-0.4, -0.2) is 46.4 Å². The molecule has 26 heavy (non-hydrogen) atoms. The number of anilines is 1. The number of aliphatic hydroxyl groups is 1. The maximum Gasteiger partial charge on any atom is 0.150 e. The van der Waals surface area contributed by atoms with Gasteiger partial charge in [-0.2, -0.15) is 0 Å². The minimum absolute atomic E-state index is 0.0632. The number of rotatable bonds is 5. The lowest BCUT2D eigenvalue weighted by Gasteiger charge is -2.50. The highest BCUT2D eigenvalue weighted by Gasteiger charge is 2.42. The molecule has 3 N–H and O–H groups in total. The number of nitrogens with one attached hydrogen (secondary N) is 1. The fourth-order valence-corrected chi connectivity index (χ4v) is 4.57. The summed E-state index contributed by atoms with van der Waals surface area (Å²) in [6.07, 6.45) is 3.51. The molecule has 5 atom stereocenters. The summed E-state index contributed by atoms with van der Waals surface area (Å²) in [7, 11) is 1.62. The Hall–Kier alpha value is -2.15. The monoisotopic (exact) mass is 355 g/mol. The highest BCUT2D eigenvalue weighted by molar-refractivity contribution is 5.85. The summed E-state index contributed by atoms with van der Waals surface area (Å²) in [5.41, 5.74) is 3.59. The fraction of sp³-hybridized carbons (Fsp3) is 0.450. The Kier molecular flexibility index (Phi) is 4.56. The summed E-state index contributed by atoms with van der Waals surface area (Å²) in [6.45, 7) is 5.93. The minimum atomic E-state index is -0.659. The average molecular weight is 355 g/mol. The molecule has 3 aliphatic rings. The van der Waals surface area contributed by atoms with Gasteiger partial charge in [0.2, 0.25) is 0 Å². The highest BCUT2D eigenvalue weighted by atomic mass is 16.5. The molecule has 2 aromatic rings. The van der Waals surface area contributed by atoms with Crippen molar-refractivity contribution in [1.82, 2.24) is 9.88 Å². The SMILES string of the molecule is C=C[C@H]1CN2CCC1C[C@H]2[C@H](O)c1cc(NO)nc2ccc(OC)cc12. The molecule has 138 valence electrons. The summed E-state index contributed by atoms with van der Waals surface area (Å²) in [4.78, 5) is 6.75. The Bertz CT molecular complexity index is 825. The average Bonchev–Trinajstić information content (AvgIpc) is 2.72. The van der Waals surface area contributed by atoms with Crippen LogP contribution in [0.15, 0.2) is 36.9 Å². The Morgan fingerprint density at radius 2 is 2.27 bits per heavy atom. The molecule has 1 aromatic heterocycles. The molecule has 0 spiro atoms. The van der Waals surface area contributed by atoms with Crippen LogP contribution in [0.25, 0.3) is 10.9 Å². The lowest BCUT2D eigenvalue weighted by Crippen LogP contribution is -2.54. The van der Waals surface area contributed by atoms with E-state index in [-0.39, 0.29) is 6.04 Å². The first-order chi connectivity index (χ1) is 12.6. The second kappa shape index (κ2) is 6.87. The molecule has 6 nitrogen and oxygen atoms in total. The maximum absolute atomic E-state index is 11.3. The van der Waals surface area contributed by atoms with Gasteiger partial charge in [-0.25, -0.2) is 4.98 Å². The molecule has 2 unspecified atom stereocenters. The standard InChI is InChI=1S/C20H25N3O3/c1-3-12-11-23-7-6-13(12)8-18(23)20(24)16-10-19(22-25)21-17-5-4-14(26-2)9-15(16)17/h3-5,9-10,12-13,18,20,24-25H,1,6-8,11H2,2H3,(H,21,22)/t12-,13?,18-,20+/m0/s1. The fourth-order valence-electron chi connectivity index (χ4n) is 4.57. The molecule has 4 heterocycles. The lowest BCUT2D eigenvalue weighted by molar-refractivity contribution is -0.0444. The third-order valence-corrected chi connectivity index (χ3v) is 6.00. The molecular weight excluding hydrogens is 330 g/mol. The zero-order valence-corrected chi connectivity index (χ0v) is 14.9. The van der Waals surface area contributed by atoms with Crippen molar-refractivity contribution in [2.24, 2.45) is 11.8 Å². The molecule has 5 rings (SSSR count). The highest BCUT2D eigenvalue weighted by Crippen LogP contribution is 2.42. The lowest BCUT2D eigenvalue weighted by atomic mass is 9.73. The molecule has 0 aliphatic carbocycles. The number of aromatic nitrogens is 1. The van der Waals surface area contributed by atoms with Gasteiger partial charge in [0.15, 0.2) is 5.82 Å². The number of ether oxygens (including phenoxy) is 1. The number of fused-ring (bicyclic) bond motifs is 4. The Labute approximate surface area is 153 Å². The number of hydrogen-bond donors (Lipinski definition) is 3. The second-order valence-corrected chi connectivity index (χ2v) is 7.28. The molecule has 0 saturated carbocycles. The summed E-state index contributed by atoms with van der Waals surface area (Å²) in [5, 5.41) is 21.5. The van der Waals surface area contributed by atoms with E-state index in [9.17, 15) is 10.3 Å². The molecule has 6 heteroatoms. The third kappa shape index (κ3) is 2.84. The normalized spacial score (nSPS) is 28.7. The predicted octanol–water partition coefficient (Wildman–Crippen LogP) is 2.97. The van der Waals surface area contributed by atoms with Crippen LogP contribution < -0.4 is 10.2 Å². The van der Waals surface area contributed by atoms with E-state index in [0.717, 1.165) is 42.6 Å². The first kappa shape index (κ1) is 17.3. The van der Waals surface area contributed by atoms with Crippen molar-refractivity contribution in [2.75, 3.05) is 25.7 Å². The van der Waals surface area contributed by atoms with Gasteiger partial charge in [-0.15, -0.1) is 6.58 Å². The molecule has 2 bridgehead atoms. The van der Waals surface area contributed by atoms with Crippen molar-refractivity contribution in [3.63, 3.8) is 0 Å². The molecule has 0 amide bonds. The number of methoxy groups -OCH3 is 1. The van der Waals surface area contributed by atoms with Crippen molar-refractivity contribution in [3.05, 3.63) is 42.5 Å². The molecular formula is C20H25N3O3. The largest absolute Gasteiger partial charge is 0.497 e. The summed E-state index contributed by atoms with van der Waals surface area (Å²) in [6, 6.07) is 7.35. The Morgan fingerprint density at radius 3 is 2.92 bits per heavy atom. The molecule has 3 aliphatic heterocycles. The van der Waals surface area contributed by atoms with Crippen LogP contribution in [0, 0.1) is 11.8 Å². The maximum atomic E-state index is 11.3. The zero-order valence-electron chi connectivity index (χ0n) is 14.9. The van der Waals surface area contributed by atoms with Crippen molar-refractivity contribution in [3.8, 4) is 5.75 Å². The van der Waals surface area contributed by atoms with E-state index >= 15 is 0 Å². The van der Waals surface area contributed by atoms with Crippen molar-refractivity contribution >= 4 is 16.7 Å². The topological polar surface area (TPSA) is 77.9 Å². The van der Waals surface area contributed by atoms with Crippen LogP contribution in [0.5, 0.6) is 5.75 Å². The van der Waals surface area contributed by atoms with Crippen molar-refractivity contribution < 1.29 is 15.1 Å². The van der Waals surface area contributed by atoms with Crippen LogP contribution in [-0.2, 0) is 0 Å². The first-order valence-electron chi connectivity index (χ1n) is 9.08. The second-order valence-electron chi connectivity index (χ2n) is 7.28. The number of nitrogens with zero attached hydrogens (tertiary/aromatic N) is 2. The number of pyridine rings is 1. The van der Waals surface area contributed by atoms with Gasteiger partial charge in [0.1, 0.15) is 5.75 Å². The van der Waals surface area contributed by atoms with Crippen LogP contribution in [0.4, 0.5) is 5.82 Å². The van der Waals surface area contributed by atoms with E-state index in [2.05, 4.69) is 28.0 Å². The van der Waals surface area contributed by atoms with Gasteiger partial charge in [0.05, 0.1) is 18.7 Å². The van der Waals surface area contributed by atoms with Crippen molar-refractivity contribution in [2.45, 2.75) is 25.0 Å². The van der Waals surface area contributed by atoms with E-state index in [0.29, 0.717) is 23.2 Å². The Balaban J connectivity index is 1.74. The zero-order chi connectivity index (χ0) is 18.3. The number of aliphatic hydroxyl groups excluding tert-OH is 1. The van der Waals surface area contributed by atoms with Crippen LogP contribution in [0.3, 0.4) is 0 Å². The van der Waals surface area contributed by atoms with E-state index in [1.54, 1.807) is 13.2 Å². The van der Waals surface area contributed by atoms with Gasteiger partial charge in [0, 0.05) is 18.0 Å². The summed E-state index contributed by atoms with van der Waals surface area (Å²) in [5.74, 6) is 2.14. The first-order valence-corrected chi connectivity index (χ1v) is 9.08. The van der Waals surface area contributed by atoms with Crippen LogP contribution in [0.1, 0.15) is 24.5 Å². The van der Waals surface area contributed by atoms with Crippen molar-refractivity contribution in [1.29, 1.82) is 0 Å². The van der Waals surface area contributed by atoms with Gasteiger partial charge >= 0.3 is 0 Å². The van der Waals surface area contributed by atoms with Crippen LogP contribution in [0.2, 0.25) is 0 Å². The molecule has 3 saturated heterocycles. The van der Waals surface area contributed by atoms with Gasteiger partial charge in [-0.1, -0.05) is 6.08 Å². The predicted molar refractivity (Wildman–Crippen MR) is 100 cm³/mol. The quantitative estimate of drug-likeness (QED) is 0.565. The van der Waals surface area contributed by atoms with E-state index in [4.69, 9.17) is 4.74 Å². The van der Waals surface area contributed by atoms with E-state index in [1.807, 2.05) is 18.2 Å². The van der Waals surface area contributed by atoms with Crippen LogP contribution >= 0.6 is 0 Å². The van der Waals surface area contributed by atoms with Gasteiger partial charge in [-0.3, -0.25) is 15.6 Å². The van der Waals surface area contributed by atoms with Gasteiger partial charge < -0.3 is 9.84 Å². The summed E-state index contributed by atoms with van der Waals surface area (Å²) < 4.78 is 5.34. The molecule has 1 aromatic carbocycles. The number of piperidine rings is 3. The number of benzene rings is 1.